The third kappa shape index (κ3) is 8.23. The molecule has 0 heterocycles. The van der Waals surface area contributed by atoms with Crippen LogP contribution in [0.15, 0.2) is 0 Å². The minimum atomic E-state index is -0.787. The van der Waals surface area contributed by atoms with Crippen LogP contribution in [0.4, 0.5) is 0 Å². The lowest BCUT2D eigenvalue weighted by Crippen LogP contribution is -2.27. The predicted molar refractivity (Wildman–Crippen MR) is 75.8 cm³/mol. The Labute approximate surface area is 100 Å². The molecule has 0 aliphatic heterocycles. The smallest absolute Gasteiger partial charge is 0.162 e. The first kappa shape index (κ1) is 15.4. The number of hydrogen-bond acceptors (Lipinski definition) is 1. The molecule has 0 rings (SSSR count). The van der Waals surface area contributed by atoms with E-state index in [0.29, 0.717) is 0 Å². The van der Waals surface area contributed by atoms with Crippen molar-refractivity contribution in [2.45, 2.75) is 77.6 Å². The maximum Gasteiger partial charge on any atom is 0.162 e. The van der Waals surface area contributed by atoms with Gasteiger partial charge < -0.3 is 4.12 Å². The molecule has 92 valence electrons. The van der Waals surface area contributed by atoms with E-state index in [1.165, 1.54) is 49.9 Å². The molecule has 0 aromatic carbocycles. The molecule has 0 saturated heterocycles. The summed E-state index contributed by atoms with van der Waals surface area (Å²) in [5, 5.41) is 0. The van der Waals surface area contributed by atoms with Crippen molar-refractivity contribution < 1.29 is 4.12 Å². The highest BCUT2D eigenvalue weighted by Crippen LogP contribution is 2.13. The number of rotatable bonds is 10. The molecular weight excluding hydrogens is 216 g/mol. The van der Waals surface area contributed by atoms with Crippen LogP contribution in [0.5, 0.6) is 0 Å². The first-order chi connectivity index (χ1) is 7.28. The summed E-state index contributed by atoms with van der Waals surface area (Å²) in [6.07, 6.45) is 5.45. The maximum absolute atomic E-state index is 6.43. The van der Waals surface area contributed by atoms with Gasteiger partial charge in [0.15, 0.2) is 18.1 Å². The molecule has 0 N–H and O–H groups in total. The predicted octanol–water partition coefficient (Wildman–Crippen LogP) is 4.09. The standard InChI is InChI=1S/C12H30OSi2/c1-5-9-11-14(7-3)13-15(8-4)12-10-6-2/h14-15H,5-12H2,1-4H3. The van der Waals surface area contributed by atoms with Crippen LogP contribution in [-0.2, 0) is 4.12 Å². The highest BCUT2D eigenvalue weighted by Gasteiger charge is 2.15. The lowest BCUT2D eigenvalue weighted by molar-refractivity contribution is 0.562. The minimum Gasteiger partial charge on any atom is -0.460 e. The fourth-order valence-electron chi connectivity index (χ4n) is 1.87. The zero-order valence-electron chi connectivity index (χ0n) is 11.2. The summed E-state index contributed by atoms with van der Waals surface area (Å²) in [5.41, 5.74) is 0. The molecule has 2 atom stereocenters. The van der Waals surface area contributed by atoms with Gasteiger partial charge >= 0.3 is 0 Å². The third-order valence-electron chi connectivity index (χ3n) is 3.05. The first-order valence-electron chi connectivity index (χ1n) is 6.93. The zero-order valence-corrected chi connectivity index (χ0v) is 13.5. The molecule has 0 aromatic rings. The summed E-state index contributed by atoms with van der Waals surface area (Å²) in [6, 6.07) is 5.52. The van der Waals surface area contributed by atoms with Crippen LogP contribution in [-0.4, -0.2) is 18.1 Å². The molecule has 1 nitrogen and oxygen atoms in total. The molecular formula is C12H30OSi2. The largest absolute Gasteiger partial charge is 0.460 e. The molecule has 0 aliphatic carbocycles. The molecule has 0 saturated carbocycles. The van der Waals surface area contributed by atoms with Crippen LogP contribution in [0.3, 0.4) is 0 Å². The number of unbranched alkanes of at least 4 members (excludes halogenated alkanes) is 2. The maximum atomic E-state index is 6.43. The molecule has 0 fully saturated rings. The Morgan fingerprint density at radius 2 is 1.13 bits per heavy atom. The van der Waals surface area contributed by atoms with Gasteiger partial charge in [0.1, 0.15) is 0 Å². The van der Waals surface area contributed by atoms with Crippen molar-refractivity contribution in [2.75, 3.05) is 0 Å². The Morgan fingerprint density at radius 3 is 1.40 bits per heavy atom. The van der Waals surface area contributed by atoms with Crippen LogP contribution in [0.25, 0.3) is 0 Å². The second kappa shape index (κ2) is 10.9. The fourth-order valence-corrected chi connectivity index (χ4v) is 9.22. The van der Waals surface area contributed by atoms with E-state index in [9.17, 15) is 0 Å². The van der Waals surface area contributed by atoms with Gasteiger partial charge in [0.05, 0.1) is 0 Å². The van der Waals surface area contributed by atoms with Gasteiger partial charge in [0.25, 0.3) is 0 Å². The van der Waals surface area contributed by atoms with Gasteiger partial charge in [0, 0.05) is 0 Å². The summed E-state index contributed by atoms with van der Waals surface area (Å²) in [6.45, 7) is 9.22. The highest BCUT2D eigenvalue weighted by atomic mass is 28.4. The second-order valence-electron chi connectivity index (χ2n) is 4.48. The molecule has 0 aromatic heterocycles. The van der Waals surface area contributed by atoms with Gasteiger partial charge in [-0.3, -0.25) is 0 Å². The summed E-state index contributed by atoms with van der Waals surface area (Å²) in [4.78, 5) is 0. The van der Waals surface area contributed by atoms with Gasteiger partial charge in [-0.15, -0.1) is 0 Å². The van der Waals surface area contributed by atoms with Gasteiger partial charge in [-0.1, -0.05) is 53.4 Å². The van der Waals surface area contributed by atoms with Gasteiger partial charge in [0.2, 0.25) is 0 Å². The highest BCUT2D eigenvalue weighted by molar-refractivity contribution is 6.66. The van der Waals surface area contributed by atoms with Crippen LogP contribution in [0.2, 0.25) is 24.2 Å². The number of hydrogen-bond donors (Lipinski definition) is 0. The van der Waals surface area contributed by atoms with Crippen LogP contribution >= 0.6 is 0 Å². The van der Waals surface area contributed by atoms with E-state index in [2.05, 4.69) is 27.7 Å². The summed E-state index contributed by atoms with van der Waals surface area (Å²) in [5.74, 6) is 0. The lowest BCUT2D eigenvalue weighted by Gasteiger charge is -2.21. The van der Waals surface area contributed by atoms with E-state index >= 15 is 0 Å². The van der Waals surface area contributed by atoms with Crippen molar-refractivity contribution in [3.8, 4) is 0 Å². The topological polar surface area (TPSA) is 9.23 Å². The Balaban J connectivity index is 3.77. The van der Waals surface area contributed by atoms with Crippen molar-refractivity contribution in [3.05, 3.63) is 0 Å². The summed E-state index contributed by atoms with van der Waals surface area (Å²) in [7, 11) is -1.57. The van der Waals surface area contributed by atoms with Gasteiger partial charge in [-0.25, -0.2) is 0 Å². The molecule has 0 bridgehead atoms. The molecule has 0 spiro atoms. The van der Waals surface area contributed by atoms with Gasteiger partial charge in [-0.2, -0.15) is 0 Å². The van der Waals surface area contributed by atoms with Crippen LogP contribution in [0, 0.1) is 0 Å². The minimum absolute atomic E-state index is 0.787. The zero-order chi connectivity index (χ0) is 11.5. The quantitative estimate of drug-likeness (QED) is 0.528. The Morgan fingerprint density at radius 1 is 0.733 bits per heavy atom. The Kier molecular flexibility index (Phi) is 11.2. The molecule has 2 unspecified atom stereocenters. The van der Waals surface area contributed by atoms with Crippen molar-refractivity contribution in [3.63, 3.8) is 0 Å². The SMILES string of the molecule is CCCC[SiH](CC)O[SiH](CC)CCCC. The average molecular weight is 247 g/mol. The van der Waals surface area contributed by atoms with Crippen molar-refractivity contribution in [1.82, 2.24) is 0 Å². The fraction of sp³-hybridized carbons (Fsp3) is 1.00. The molecule has 0 radical (unpaired) electrons. The van der Waals surface area contributed by atoms with Crippen molar-refractivity contribution >= 4 is 18.1 Å². The van der Waals surface area contributed by atoms with E-state index in [0.717, 1.165) is 0 Å². The monoisotopic (exact) mass is 246 g/mol. The average Bonchev–Trinajstić information content (AvgIpc) is 2.28. The molecule has 3 heteroatoms. The second-order valence-corrected chi connectivity index (χ2v) is 10.8. The molecule has 15 heavy (non-hydrogen) atoms. The molecule has 0 amide bonds. The van der Waals surface area contributed by atoms with Gasteiger partial charge in [-0.05, 0) is 24.2 Å². The van der Waals surface area contributed by atoms with Crippen LogP contribution < -0.4 is 0 Å². The van der Waals surface area contributed by atoms with Crippen molar-refractivity contribution in [2.24, 2.45) is 0 Å². The van der Waals surface area contributed by atoms with E-state index < -0.39 is 18.1 Å². The Bertz CT molecular complexity index is 117. The Hall–Kier alpha value is 0.394. The normalized spacial score (nSPS) is 15.2. The van der Waals surface area contributed by atoms with E-state index in [-0.39, 0.29) is 0 Å². The molecule has 0 aliphatic rings. The van der Waals surface area contributed by atoms with Crippen LogP contribution in [0.1, 0.15) is 53.4 Å². The van der Waals surface area contributed by atoms with E-state index in [1.54, 1.807) is 0 Å². The summed E-state index contributed by atoms with van der Waals surface area (Å²) < 4.78 is 6.43. The first-order valence-corrected chi connectivity index (χ1v) is 11.1. The third-order valence-corrected chi connectivity index (χ3v) is 10.1. The van der Waals surface area contributed by atoms with E-state index in [4.69, 9.17) is 4.12 Å². The lowest BCUT2D eigenvalue weighted by atomic mass is 10.4. The van der Waals surface area contributed by atoms with Crippen molar-refractivity contribution in [1.29, 1.82) is 0 Å². The van der Waals surface area contributed by atoms with E-state index in [1.807, 2.05) is 0 Å². The summed E-state index contributed by atoms with van der Waals surface area (Å²) >= 11 is 0.